The lowest BCUT2D eigenvalue weighted by molar-refractivity contribution is 0.0359. The van der Waals surface area contributed by atoms with Gasteiger partial charge in [0.2, 0.25) is 0 Å². The minimum Gasteiger partial charge on any atom is -0.497 e. The van der Waals surface area contributed by atoms with Gasteiger partial charge in [-0.3, -0.25) is 24.3 Å². The molecule has 8 nitrogen and oxygen atoms in total. The Balaban J connectivity index is 1.62. The predicted octanol–water partition coefficient (Wildman–Crippen LogP) is 3.20. The monoisotopic (exact) mass is 494 g/mol. The van der Waals surface area contributed by atoms with Crippen LogP contribution in [-0.4, -0.2) is 59.2 Å². The fraction of sp³-hybridized carbons (Fsp3) is 0.308. The number of halogens is 1. The van der Waals surface area contributed by atoms with Crippen LogP contribution < -0.4 is 15.9 Å². The number of fused-ring (bicyclic) bond motifs is 1. The van der Waals surface area contributed by atoms with Crippen LogP contribution in [0.1, 0.15) is 5.56 Å². The third-order valence-corrected chi connectivity index (χ3v) is 6.61. The van der Waals surface area contributed by atoms with Gasteiger partial charge in [0, 0.05) is 30.7 Å². The van der Waals surface area contributed by atoms with Crippen molar-refractivity contribution in [2.75, 3.05) is 40.0 Å². The van der Waals surface area contributed by atoms with Crippen molar-refractivity contribution in [3.05, 3.63) is 85.9 Å². The second kappa shape index (κ2) is 10.1. The minimum atomic E-state index is -0.202. The highest BCUT2D eigenvalue weighted by atomic mass is 35.5. The Hall–Kier alpha value is -3.33. The van der Waals surface area contributed by atoms with Crippen LogP contribution in [0.15, 0.2) is 64.2 Å². The van der Waals surface area contributed by atoms with Crippen LogP contribution in [-0.2, 0) is 17.8 Å². The van der Waals surface area contributed by atoms with E-state index in [2.05, 4.69) is 10.00 Å². The molecule has 0 atom stereocenters. The number of hydrogen-bond acceptors (Lipinski definition) is 5. The molecule has 0 bridgehead atoms. The van der Waals surface area contributed by atoms with E-state index in [4.69, 9.17) is 21.1 Å². The quantitative estimate of drug-likeness (QED) is 0.426. The number of rotatable bonds is 7. The molecule has 0 unspecified atom stereocenters. The SMILES string of the molecule is COc1cccc(Cn2c(-c3ccc(Cl)cc3)c3c(=O)n(CCN4CCOCC4)[nH]c3cc2=O)c1. The maximum atomic E-state index is 13.6. The average molecular weight is 495 g/mol. The van der Waals surface area contributed by atoms with Gasteiger partial charge in [0.25, 0.3) is 11.1 Å². The zero-order chi connectivity index (χ0) is 24.4. The number of aromatic nitrogens is 3. The van der Waals surface area contributed by atoms with Crippen LogP contribution >= 0.6 is 11.6 Å². The molecule has 0 spiro atoms. The highest BCUT2D eigenvalue weighted by molar-refractivity contribution is 6.30. The van der Waals surface area contributed by atoms with E-state index in [9.17, 15) is 9.59 Å². The van der Waals surface area contributed by atoms with Crippen molar-refractivity contribution in [1.29, 1.82) is 0 Å². The van der Waals surface area contributed by atoms with Gasteiger partial charge in [-0.15, -0.1) is 0 Å². The Kier molecular flexibility index (Phi) is 6.77. The zero-order valence-electron chi connectivity index (χ0n) is 19.5. The van der Waals surface area contributed by atoms with Gasteiger partial charge in [0.05, 0.1) is 50.0 Å². The first-order valence-corrected chi connectivity index (χ1v) is 12.0. The van der Waals surface area contributed by atoms with E-state index in [1.54, 1.807) is 28.5 Å². The van der Waals surface area contributed by atoms with Gasteiger partial charge in [0.1, 0.15) is 5.75 Å². The summed E-state index contributed by atoms with van der Waals surface area (Å²) in [5.74, 6) is 0.705. The Morgan fingerprint density at radius 2 is 1.80 bits per heavy atom. The number of pyridine rings is 1. The van der Waals surface area contributed by atoms with E-state index in [0.717, 1.165) is 30.8 Å². The number of aromatic amines is 1. The lowest BCUT2D eigenvalue weighted by Gasteiger charge is -2.26. The van der Waals surface area contributed by atoms with Crippen molar-refractivity contribution in [2.24, 2.45) is 0 Å². The van der Waals surface area contributed by atoms with Crippen molar-refractivity contribution in [1.82, 2.24) is 19.2 Å². The normalized spacial score (nSPS) is 14.5. The summed E-state index contributed by atoms with van der Waals surface area (Å²) in [6.07, 6.45) is 0. The van der Waals surface area contributed by atoms with Crippen LogP contribution in [0, 0.1) is 0 Å². The summed E-state index contributed by atoms with van der Waals surface area (Å²) >= 11 is 6.13. The lowest BCUT2D eigenvalue weighted by Crippen LogP contribution is -2.39. The summed E-state index contributed by atoms with van der Waals surface area (Å²) in [6.45, 7) is 4.60. The van der Waals surface area contributed by atoms with Crippen molar-refractivity contribution in [3.63, 3.8) is 0 Å². The van der Waals surface area contributed by atoms with Gasteiger partial charge in [-0.25, -0.2) is 0 Å². The summed E-state index contributed by atoms with van der Waals surface area (Å²) in [4.78, 5) is 29.2. The fourth-order valence-corrected chi connectivity index (χ4v) is 4.65. The Morgan fingerprint density at radius 1 is 1.03 bits per heavy atom. The van der Waals surface area contributed by atoms with E-state index < -0.39 is 0 Å². The van der Waals surface area contributed by atoms with Crippen LogP contribution in [0.25, 0.3) is 22.2 Å². The summed E-state index contributed by atoms with van der Waals surface area (Å²) in [5, 5.41) is 4.23. The molecule has 0 amide bonds. The number of nitrogens with one attached hydrogen (secondary N) is 1. The van der Waals surface area contributed by atoms with Crippen LogP contribution in [0.4, 0.5) is 0 Å². The Bertz CT molecular complexity index is 1450. The lowest BCUT2D eigenvalue weighted by atomic mass is 10.1. The molecule has 2 aromatic carbocycles. The van der Waals surface area contributed by atoms with Crippen LogP contribution in [0.3, 0.4) is 0 Å². The van der Waals surface area contributed by atoms with Gasteiger partial charge in [-0.05, 0) is 35.4 Å². The summed E-state index contributed by atoms with van der Waals surface area (Å²) in [7, 11) is 1.61. The number of nitrogens with zero attached hydrogens (tertiary/aromatic N) is 3. The molecule has 1 aliphatic heterocycles. The standard InChI is InChI=1S/C26H27ClN4O4/c1-34-21-4-2-3-18(15-21)17-30-23(32)16-22-24(25(30)19-5-7-20(27)8-6-19)26(33)31(28-22)10-9-29-11-13-35-14-12-29/h2-8,15-16,28H,9-14,17H2,1H3. The molecule has 0 radical (unpaired) electrons. The smallest absolute Gasteiger partial charge is 0.276 e. The zero-order valence-corrected chi connectivity index (χ0v) is 20.3. The molecule has 1 fully saturated rings. The van der Waals surface area contributed by atoms with E-state index in [1.807, 2.05) is 36.4 Å². The molecule has 1 N–H and O–H groups in total. The van der Waals surface area contributed by atoms with Gasteiger partial charge < -0.3 is 14.0 Å². The highest BCUT2D eigenvalue weighted by Gasteiger charge is 2.20. The number of morpholine rings is 1. The predicted molar refractivity (Wildman–Crippen MR) is 137 cm³/mol. The molecular weight excluding hydrogens is 468 g/mol. The van der Waals surface area contributed by atoms with Gasteiger partial charge in [0.15, 0.2) is 0 Å². The maximum Gasteiger partial charge on any atom is 0.276 e. The van der Waals surface area contributed by atoms with Crippen molar-refractivity contribution >= 4 is 22.5 Å². The third kappa shape index (κ3) is 4.91. The van der Waals surface area contributed by atoms with Crippen molar-refractivity contribution in [3.8, 4) is 17.0 Å². The highest BCUT2D eigenvalue weighted by Crippen LogP contribution is 2.27. The molecule has 9 heteroatoms. The first-order chi connectivity index (χ1) is 17.0. The Labute approximate surface area is 207 Å². The first-order valence-electron chi connectivity index (χ1n) is 11.6. The molecule has 4 aromatic rings. The van der Waals surface area contributed by atoms with E-state index in [-0.39, 0.29) is 11.1 Å². The molecule has 5 rings (SSSR count). The van der Waals surface area contributed by atoms with E-state index in [0.29, 0.717) is 53.7 Å². The number of benzene rings is 2. The topological polar surface area (TPSA) is 81.5 Å². The van der Waals surface area contributed by atoms with E-state index in [1.165, 1.54) is 6.07 Å². The molecule has 1 aliphatic rings. The number of ether oxygens (including phenoxy) is 2. The molecule has 3 heterocycles. The summed E-state index contributed by atoms with van der Waals surface area (Å²) < 4.78 is 14.0. The third-order valence-electron chi connectivity index (χ3n) is 6.36. The minimum absolute atomic E-state index is 0.155. The number of H-pyrrole nitrogens is 1. The van der Waals surface area contributed by atoms with Crippen LogP contribution in [0.2, 0.25) is 5.02 Å². The van der Waals surface area contributed by atoms with Gasteiger partial charge in [-0.1, -0.05) is 35.9 Å². The molecule has 35 heavy (non-hydrogen) atoms. The molecule has 0 saturated carbocycles. The molecule has 182 valence electrons. The molecule has 0 aliphatic carbocycles. The molecule has 2 aromatic heterocycles. The second-order valence-corrected chi connectivity index (χ2v) is 9.02. The first kappa shape index (κ1) is 23.4. The van der Waals surface area contributed by atoms with Crippen molar-refractivity contribution in [2.45, 2.75) is 13.1 Å². The van der Waals surface area contributed by atoms with E-state index >= 15 is 0 Å². The number of hydrogen-bond donors (Lipinski definition) is 1. The van der Waals surface area contributed by atoms with Gasteiger partial charge >= 0.3 is 0 Å². The molecular formula is C26H27ClN4O4. The molecule has 1 saturated heterocycles. The summed E-state index contributed by atoms with van der Waals surface area (Å²) in [6, 6.07) is 16.3. The fourth-order valence-electron chi connectivity index (χ4n) is 4.52. The largest absolute Gasteiger partial charge is 0.497 e. The average Bonchev–Trinajstić information content (AvgIpc) is 3.19. The van der Waals surface area contributed by atoms with Crippen LogP contribution in [0.5, 0.6) is 5.75 Å². The maximum absolute atomic E-state index is 13.6. The second-order valence-electron chi connectivity index (χ2n) is 8.59. The Morgan fingerprint density at radius 3 is 2.54 bits per heavy atom. The van der Waals surface area contributed by atoms with Crippen molar-refractivity contribution < 1.29 is 9.47 Å². The number of methoxy groups -OCH3 is 1. The summed E-state index contributed by atoms with van der Waals surface area (Å²) in [5.41, 5.74) is 2.37. The van der Waals surface area contributed by atoms with Gasteiger partial charge in [-0.2, -0.15) is 0 Å².